The highest BCUT2D eigenvalue weighted by atomic mass is 35.5. The summed E-state index contributed by atoms with van der Waals surface area (Å²) in [7, 11) is 0. The zero-order chi connectivity index (χ0) is 18.5. The monoisotopic (exact) mass is 421 g/mol. The summed E-state index contributed by atoms with van der Waals surface area (Å²) in [5.74, 6) is 0. The van der Waals surface area contributed by atoms with Crippen molar-refractivity contribution < 1.29 is 4.92 Å². The molecule has 0 N–H and O–H groups in total. The zero-order valence-corrected chi connectivity index (χ0v) is 16.5. The Labute approximate surface area is 169 Å². The van der Waals surface area contributed by atoms with E-state index in [-0.39, 0.29) is 15.2 Å². The molecule has 7 heteroatoms. The summed E-state index contributed by atoms with van der Waals surface area (Å²) < 4.78 is -0.195. The predicted octanol–water partition coefficient (Wildman–Crippen LogP) is 7.48. The van der Waals surface area contributed by atoms with Crippen molar-refractivity contribution in [1.29, 1.82) is 0 Å². The molecule has 0 aliphatic heterocycles. The van der Waals surface area contributed by atoms with Crippen LogP contribution in [0.4, 0.5) is 5.69 Å². The molecule has 0 unspecified atom stereocenters. The molecule has 0 saturated carbocycles. The van der Waals surface area contributed by atoms with E-state index in [0.717, 1.165) is 9.79 Å². The second kappa shape index (κ2) is 8.82. The van der Waals surface area contributed by atoms with Gasteiger partial charge in [0.1, 0.15) is 0 Å². The number of rotatable bonds is 6. The molecule has 132 valence electrons. The van der Waals surface area contributed by atoms with Crippen LogP contribution in [0.25, 0.3) is 0 Å². The zero-order valence-electron chi connectivity index (χ0n) is 13.3. The molecule has 0 aliphatic rings. The predicted molar refractivity (Wildman–Crippen MR) is 110 cm³/mol. The van der Waals surface area contributed by atoms with E-state index in [1.165, 1.54) is 6.07 Å². The van der Waals surface area contributed by atoms with Crippen molar-refractivity contribution in [3.8, 4) is 0 Å². The summed E-state index contributed by atoms with van der Waals surface area (Å²) in [6.45, 7) is 0. The van der Waals surface area contributed by atoms with Crippen LogP contribution in [0.5, 0.6) is 0 Å². The van der Waals surface area contributed by atoms with Gasteiger partial charge in [0.15, 0.2) is 0 Å². The van der Waals surface area contributed by atoms with Gasteiger partial charge in [0.25, 0.3) is 5.69 Å². The van der Waals surface area contributed by atoms with Crippen molar-refractivity contribution in [2.75, 3.05) is 0 Å². The summed E-state index contributed by atoms with van der Waals surface area (Å²) in [5, 5.41) is 12.8. The molecule has 3 aromatic rings. The van der Waals surface area contributed by atoms with Crippen LogP contribution in [0.1, 0.15) is 10.1 Å². The van der Waals surface area contributed by atoms with Gasteiger partial charge in [0.2, 0.25) is 0 Å². The minimum Gasteiger partial charge on any atom is -0.258 e. The number of nitro benzene ring substituents is 1. The van der Waals surface area contributed by atoms with Crippen molar-refractivity contribution in [2.24, 2.45) is 0 Å². The van der Waals surface area contributed by atoms with Gasteiger partial charge < -0.3 is 0 Å². The van der Waals surface area contributed by atoms with Crippen LogP contribution in [0.15, 0.2) is 82.6 Å². The average molecular weight is 422 g/mol. The van der Waals surface area contributed by atoms with Crippen molar-refractivity contribution in [1.82, 2.24) is 0 Å². The van der Waals surface area contributed by atoms with E-state index < -0.39 is 0 Å². The molecule has 0 amide bonds. The Bertz CT molecular complexity index is 855. The van der Waals surface area contributed by atoms with Gasteiger partial charge in [0, 0.05) is 25.9 Å². The number of nitro groups is 1. The molecule has 3 rings (SSSR count). The molecule has 0 spiro atoms. The Balaban J connectivity index is 1.96. The molecule has 0 saturated heterocycles. The van der Waals surface area contributed by atoms with Crippen LogP contribution < -0.4 is 0 Å². The van der Waals surface area contributed by atoms with E-state index >= 15 is 0 Å². The van der Waals surface area contributed by atoms with E-state index in [1.807, 2.05) is 54.6 Å². The van der Waals surface area contributed by atoms with E-state index in [9.17, 15) is 10.1 Å². The minimum absolute atomic E-state index is 0.112. The first-order chi connectivity index (χ1) is 12.5. The van der Waals surface area contributed by atoms with Crippen molar-refractivity contribution in [2.45, 2.75) is 14.4 Å². The number of benzene rings is 3. The highest BCUT2D eigenvalue weighted by molar-refractivity contribution is 8.16. The second-order valence-corrected chi connectivity index (χ2v) is 8.82. The van der Waals surface area contributed by atoms with Crippen molar-refractivity contribution in [3.63, 3.8) is 0 Å². The van der Waals surface area contributed by atoms with Crippen LogP contribution >= 0.6 is 46.7 Å². The normalized spacial score (nSPS) is 10.9. The number of thioether (sulfide) groups is 2. The van der Waals surface area contributed by atoms with Gasteiger partial charge in [0.05, 0.1) is 15.1 Å². The largest absolute Gasteiger partial charge is 0.274 e. The first-order valence-corrected chi connectivity index (χ1v) is 10.1. The lowest BCUT2D eigenvalue weighted by Crippen LogP contribution is -1.97. The Morgan fingerprint density at radius 2 is 1.23 bits per heavy atom. The van der Waals surface area contributed by atoms with Gasteiger partial charge in [-0.2, -0.15) is 0 Å². The van der Waals surface area contributed by atoms with Gasteiger partial charge in [-0.1, -0.05) is 41.4 Å². The number of para-hydroxylation sites is 1. The maximum atomic E-state index is 11.5. The number of hydrogen-bond acceptors (Lipinski definition) is 4. The smallest absolute Gasteiger partial charge is 0.258 e. The Hall–Kier alpha value is -1.66. The minimum atomic E-state index is -0.340. The highest BCUT2D eigenvalue weighted by Crippen LogP contribution is 2.49. The first kappa shape index (κ1) is 19.1. The van der Waals surface area contributed by atoms with Crippen LogP contribution in [-0.4, -0.2) is 4.92 Å². The van der Waals surface area contributed by atoms with Crippen LogP contribution in [0, 0.1) is 10.1 Å². The van der Waals surface area contributed by atoms with Gasteiger partial charge in [-0.05, 0) is 48.5 Å². The Kier molecular flexibility index (Phi) is 6.48. The quantitative estimate of drug-likeness (QED) is 0.179. The van der Waals surface area contributed by atoms with Gasteiger partial charge in [-0.25, -0.2) is 0 Å². The van der Waals surface area contributed by atoms with Gasteiger partial charge in [-0.3, -0.25) is 10.1 Å². The van der Waals surface area contributed by atoms with Crippen LogP contribution in [-0.2, 0) is 0 Å². The molecule has 0 heterocycles. The molecule has 0 aromatic heterocycles. The highest BCUT2D eigenvalue weighted by Gasteiger charge is 2.24. The Morgan fingerprint density at radius 1 is 0.769 bits per heavy atom. The SMILES string of the molecule is O=[N+]([O-])c1ccccc1C(Sc1ccc(Cl)cc1)Sc1ccc(Cl)cc1. The molecule has 0 bridgehead atoms. The maximum Gasteiger partial charge on any atom is 0.274 e. The summed E-state index contributed by atoms with van der Waals surface area (Å²) in [6, 6.07) is 21.7. The number of halogens is 2. The summed E-state index contributed by atoms with van der Waals surface area (Å²) in [5.41, 5.74) is 0.776. The van der Waals surface area contributed by atoms with Gasteiger partial charge >= 0.3 is 0 Å². The van der Waals surface area contributed by atoms with E-state index in [0.29, 0.717) is 15.6 Å². The van der Waals surface area contributed by atoms with Crippen LogP contribution in [0.3, 0.4) is 0 Å². The molecule has 0 radical (unpaired) electrons. The third-order valence-corrected chi connectivity index (χ3v) is 6.61. The molecule has 0 atom stereocenters. The van der Waals surface area contributed by atoms with Gasteiger partial charge in [-0.15, -0.1) is 23.5 Å². The van der Waals surface area contributed by atoms with Crippen molar-refractivity contribution in [3.05, 3.63) is 98.5 Å². The summed E-state index contributed by atoms with van der Waals surface area (Å²) >= 11 is 15.0. The fourth-order valence-corrected chi connectivity index (χ4v) is 5.12. The third kappa shape index (κ3) is 4.95. The molecule has 0 fully saturated rings. The Morgan fingerprint density at radius 3 is 1.69 bits per heavy atom. The lowest BCUT2D eigenvalue weighted by atomic mass is 10.2. The molecular weight excluding hydrogens is 409 g/mol. The van der Waals surface area contributed by atoms with Crippen LogP contribution in [0.2, 0.25) is 10.0 Å². The second-order valence-electron chi connectivity index (χ2n) is 5.29. The average Bonchev–Trinajstić information content (AvgIpc) is 2.64. The van der Waals surface area contributed by atoms with E-state index in [1.54, 1.807) is 35.7 Å². The molecule has 3 nitrogen and oxygen atoms in total. The third-order valence-electron chi connectivity index (χ3n) is 3.50. The molecule has 26 heavy (non-hydrogen) atoms. The summed E-state index contributed by atoms with van der Waals surface area (Å²) in [4.78, 5) is 13.1. The molecule has 3 aromatic carbocycles. The molecular formula is C19H13Cl2NO2S2. The lowest BCUT2D eigenvalue weighted by Gasteiger charge is -2.17. The standard InChI is InChI=1S/C19H13Cl2NO2S2/c20-13-5-9-15(10-6-13)25-19(26-16-11-7-14(21)8-12-16)17-3-1-2-4-18(17)22(23)24/h1-12,19H. The molecule has 0 aliphatic carbocycles. The number of nitrogens with zero attached hydrogens (tertiary/aromatic N) is 1. The topological polar surface area (TPSA) is 43.1 Å². The fourth-order valence-electron chi connectivity index (χ4n) is 2.28. The maximum absolute atomic E-state index is 11.5. The summed E-state index contributed by atoms with van der Waals surface area (Å²) in [6.07, 6.45) is 0. The lowest BCUT2D eigenvalue weighted by molar-refractivity contribution is -0.385. The first-order valence-electron chi connectivity index (χ1n) is 7.61. The van der Waals surface area contributed by atoms with Crippen molar-refractivity contribution >= 4 is 52.4 Å². The number of hydrogen-bond donors (Lipinski definition) is 0. The fraction of sp³-hybridized carbons (Fsp3) is 0.0526. The van der Waals surface area contributed by atoms with E-state index in [2.05, 4.69) is 0 Å². The van der Waals surface area contributed by atoms with E-state index in [4.69, 9.17) is 23.2 Å².